The molecule has 8 nitrogen and oxygen atoms in total. The highest BCUT2D eigenvalue weighted by Gasteiger charge is 2.21. The van der Waals surface area contributed by atoms with Gasteiger partial charge in [0, 0.05) is 6.20 Å². The van der Waals surface area contributed by atoms with Gasteiger partial charge in [0.2, 0.25) is 10.0 Å². The number of anilines is 1. The monoisotopic (exact) mass is 296 g/mol. The zero-order valence-electron chi connectivity index (χ0n) is 10.7. The quantitative estimate of drug-likeness (QED) is 0.856. The fraction of sp³-hybridized carbons (Fsp3) is 0.182. The van der Waals surface area contributed by atoms with Gasteiger partial charge in [0.05, 0.1) is 12.5 Å². The van der Waals surface area contributed by atoms with Gasteiger partial charge < -0.3 is 5.11 Å². The lowest BCUT2D eigenvalue weighted by Gasteiger charge is -2.10. The van der Waals surface area contributed by atoms with Crippen LogP contribution in [0.3, 0.4) is 0 Å². The molecule has 2 aromatic rings. The van der Waals surface area contributed by atoms with Crippen molar-refractivity contribution in [2.24, 2.45) is 0 Å². The van der Waals surface area contributed by atoms with E-state index in [2.05, 4.69) is 14.8 Å². The van der Waals surface area contributed by atoms with E-state index in [9.17, 15) is 13.2 Å². The second kappa shape index (κ2) is 4.93. The van der Waals surface area contributed by atoms with E-state index < -0.39 is 16.0 Å². The third-order valence-corrected chi connectivity index (χ3v) is 3.03. The van der Waals surface area contributed by atoms with E-state index in [1.165, 1.54) is 6.20 Å². The number of carbonyl (C=O) groups is 1. The Hall–Kier alpha value is -2.42. The minimum absolute atomic E-state index is 0.151. The number of rotatable bonds is 4. The van der Waals surface area contributed by atoms with Gasteiger partial charge in [-0.3, -0.25) is 4.72 Å². The van der Waals surface area contributed by atoms with Crippen molar-refractivity contribution in [3.63, 3.8) is 0 Å². The number of hydrogen-bond donors (Lipinski definition) is 2. The number of aromatic carboxylic acids is 1. The van der Waals surface area contributed by atoms with Crippen molar-refractivity contribution >= 4 is 21.8 Å². The molecule has 2 rings (SSSR count). The van der Waals surface area contributed by atoms with E-state index in [0.29, 0.717) is 5.82 Å². The molecule has 0 aromatic carbocycles. The predicted molar refractivity (Wildman–Crippen MR) is 71.5 cm³/mol. The number of pyridine rings is 1. The largest absolute Gasteiger partial charge is 0.477 e. The molecule has 9 heteroatoms. The van der Waals surface area contributed by atoms with Gasteiger partial charge in [-0.1, -0.05) is 6.07 Å². The Balaban J connectivity index is 2.66. The Kier molecular flexibility index (Phi) is 3.45. The van der Waals surface area contributed by atoms with E-state index in [1.807, 2.05) is 0 Å². The molecule has 0 spiro atoms. The molecule has 0 fully saturated rings. The highest BCUT2D eigenvalue weighted by molar-refractivity contribution is 7.92. The van der Waals surface area contributed by atoms with E-state index in [-0.39, 0.29) is 11.4 Å². The number of carboxylic acid groups (broad SMARTS) is 1. The Morgan fingerprint density at radius 3 is 2.70 bits per heavy atom. The predicted octanol–water partition coefficient (Wildman–Crippen LogP) is 0.645. The van der Waals surface area contributed by atoms with Crippen LogP contribution in [0.1, 0.15) is 15.9 Å². The average Bonchev–Trinajstić information content (AvgIpc) is 2.71. The first kappa shape index (κ1) is 14.0. The first-order chi connectivity index (χ1) is 9.29. The van der Waals surface area contributed by atoms with Crippen LogP contribution in [0.5, 0.6) is 0 Å². The molecule has 0 aliphatic carbocycles. The normalized spacial score (nSPS) is 11.3. The molecule has 0 unspecified atom stereocenters. The zero-order chi connectivity index (χ0) is 14.9. The summed E-state index contributed by atoms with van der Waals surface area (Å²) in [7, 11) is -3.65. The topological polar surface area (TPSA) is 114 Å². The maximum absolute atomic E-state index is 11.4. The second-order valence-electron chi connectivity index (χ2n) is 4.14. The molecule has 20 heavy (non-hydrogen) atoms. The lowest BCUT2D eigenvalue weighted by atomic mass is 10.3. The van der Waals surface area contributed by atoms with Crippen molar-refractivity contribution in [1.82, 2.24) is 14.8 Å². The molecule has 0 saturated heterocycles. The van der Waals surface area contributed by atoms with Crippen LogP contribution in [-0.4, -0.2) is 40.5 Å². The van der Waals surface area contributed by atoms with Crippen molar-refractivity contribution in [3.05, 3.63) is 35.7 Å². The lowest BCUT2D eigenvalue weighted by molar-refractivity contribution is 0.0698. The van der Waals surface area contributed by atoms with Crippen LogP contribution in [0.25, 0.3) is 5.82 Å². The number of aryl methyl sites for hydroxylation is 1. The smallest absolute Gasteiger partial charge is 0.341 e. The molecule has 0 saturated carbocycles. The number of nitrogens with zero attached hydrogens (tertiary/aromatic N) is 3. The van der Waals surface area contributed by atoms with Gasteiger partial charge in [-0.2, -0.15) is 9.78 Å². The minimum Gasteiger partial charge on any atom is -0.477 e. The summed E-state index contributed by atoms with van der Waals surface area (Å²) >= 11 is 0. The van der Waals surface area contributed by atoms with Gasteiger partial charge in [0.25, 0.3) is 0 Å². The molecule has 2 N–H and O–H groups in total. The van der Waals surface area contributed by atoms with Gasteiger partial charge in [0.15, 0.2) is 11.6 Å². The number of sulfonamides is 1. The third kappa shape index (κ3) is 2.77. The average molecular weight is 296 g/mol. The second-order valence-corrected chi connectivity index (χ2v) is 5.89. The molecular weight excluding hydrogens is 284 g/mol. The van der Waals surface area contributed by atoms with E-state index >= 15 is 0 Å². The van der Waals surface area contributed by atoms with E-state index in [4.69, 9.17) is 5.11 Å². The van der Waals surface area contributed by atoms with Crippen LogP contribution in [0, 0.1) is 6.92 Å². The lowest BCUT2D eigenvalue weighted by Crippen LogP contribution is -2.16. The molecule has 2 heterocycles. The van der Waals surface area contributed by atoms with Crippen molar-refractivity contribution in [1.29, 1.82) is 0 Å². The van der Waals surface area contributed by atoms with Gasteiger partial charge in [0.1, 0.15) is 5.56 Å². The molecule has 0 radical (unpaired) electrons. The molecular formula is C11H12N4O4S. The molecule has 0 atom stereocenters. The van der Waals surface area contributed by atoms with Crippen LogP contribution < -0.4 is 4.72 Å². The maximum atomic E-state index is 11.4. The van der Waals surface area contributed by atoms with Gasteiger partial charge in [-0.05, 0) is 18.6 Å². The first-order valence-electron chi connectivity index (χ1n) is 5.50. The fourth-order valence-electron chi connectivity index (χ4n) is 1.64. The fourth-order valence-corrected chi connectivity index (χ4v) is 2.19. The Morgan fingerprint density at radius 2 is 2.15 bits per heavy atom. The Bertz CT molecular complexity index is 766. The van der Waals surface area contributed by atoms with Crippen LogP contribution in [0.4, 0.5) is 5.82 Å². The maximum Gasteiger partial charge on any atom is 0.341 e. The van der Waals surface area contributed by atoms with Crippen molar-refractivity contribution < 1.29 is 18.3 Å². The summed E-state index contributed by atoms with van der Waals surface area (Å²) in [6.07, 6.45) is 3.51. The van der Waals surface area contributed by atoms with Gasteiger partial charge in [-0.15, -0.1) is 0 Å². The number of carboxylic acids is 1. The van der Waals surface area contributed by atoms with Crippen LogP contribution in [0.2, 0.25) is 0 Å². The third-order valence-electron chi connectivity index (χ3n) is 2.46. The summed E-state index contributed by atoms with van der Waals surface area (Å²) in [6.45, 7) is 1.76. The van der Waals surface area contributed by atoms with Crippen LogP contribution in [-0.2, 0) is 10.0 Å². The van der Waals surface area contributed by atoms with Crippen molar-refractivity contribution in [2.45, 2.75) is 6.92 Å². The summed E-state index contributed by atoms with van der Waals surface area (Å²) < 4.78 is 26.1. The summed E-state index contributed by atoms with van der Waals surface area (Å²) in [5.74, 6) is -1.08. The number of nitrogens with one attached hydrogen (secondary N) is 1. The van der Waals surface area contributed by atoms with Crippen LogP contribution >= 0.6 is 0 Å². The summed E-state index contributed by atoms with van der Waals surface area (Å²) in [5.41, 5.74) is 0.476. The van der Waals surface area contributed by atoms with E-state index in [1.54, 1.807) is 19.1 Å². The highest BCUT2D eigenvalue weighted by Crippen LogP contribution is 2.21. The highest BCUT2D eigenvalue weighted by atomic mass is 32.2. The standard InChI is InChI=1S/C11H12N4O4S/c1-7-4-3-5-12-9(7)15-10(14-20(2,18)19)8(6-13-15)11(16)17/h3-6,14H,1-2H3,(H,16,17). The SMILES string of the molecule is Cc1cccnc1-n1ncc(C(=O)O)c1NS(C)(=O)=O. The first-order valence-corrected chi connectivity index (χ1v) is 7.40. The molecule has 0 aliphatic heterocycles. The van der Waals surface area contributed by atoms with Crippen molar-refractivity contribution in [2.75, 3.05) is 11.0 Å². The summed E-state index contributed by atoms with van der Waals surface area (Å²) in [5, 5.41) is 13.0. The van der Waals surface area contributed by atoms with Crippen LogP contribution in [0.15, 0.2) is 24.5 Å². The molecule has 0 bridgehead atoms. The summed E-state index contributed by atoms with van der Waals surface area (Å²) in [4.78, 5) is 15.2. The Morgan fingerprint density at radius 1 is 1.45 bits per heavy atom. The minimum atomic E-state index is -3.65. The molecule has 0 amide bonds. The molecule has 0 aliphatic rings. The Labute approximate surface area is 115 Å². The molecule has 2 aromatic heterocycles. The van der Waals surface area contributed by atoms with Crippen molar-refractivity contribution in [3.8, 4) is 5.82 Å². The number of hydrogen-bond acceptors (Lipinski definition) is 5. The molecule has 106 valence electrons. The number of aromatic nitrogens is 3. The van der Waals surface area contributed by atoms with Gasteiger partial charge >= 0.3 is 5.97 Å². The zero-order valence-corrected chi connectivity index (χ0v) is 11.5. The van der Waals surface area contributed by atoms with Gasteiger partial charge in [-0.25, -0.2) is 18.2 Å². The van der Waals surface area contributed by atoms with E-state index in [0.717, 1.165) is 22.7 Å². The summed E-state index contributed by atoms with van der Waals surface area (Å²) in [6, 6.07) is 3.47.